The van der Waals surface area contributed by atoms with Crippen molar-refractivity contribution >= 4 is 38.9 Å². The lowest BCUT2D eigenvalue weighted by atomic mass is 10.2. The van der Waals surface area contributed by atoms with E-state index < -0.39 is 16.0 Å². The van der Waals surface area contributed by atoms with Crippen molar-refractivity contribution in [1.82, 2.24) is 4.98 Å². The van der Waals surface area contributed by atoms with Crippen molar-refractivity contribution < 1.29 is 17.9 Å². The molecule has 0 aliphatic rings. The molecule has 0 aliphatic heterocycles. The Morgan fingerprint density at radius 2 is 1.92 bits per heavy atom. The summed E-state index contributed by atoms with van der Waals surface area (Å²) in [5.41, 5.74) is 1.48. The fourth-order valence-corrected chi connectivity index (χ4v) is 3.69. The van der Waals surface area contributed by atoms with Crippen molar-refractivity contribution in [2.45, 2.75) is 11.5 Å². The fraction of sp³-hybridized carbons (Fsp3) is 0.0588. The topological polar surface area (TPSA) is 99.4 Å². The van der Waals surface area contributed by atoms with E-state index in [1.54, 1.807) is 5.38 Å². The molecule has 0 spiro atoms. The molecule has 3 rings (SSSR count). The van der Waals surface area contributed by atoms with Crippen LogP contribution in [0, 0.1) is 0 Å². The number of nitrogens with two attached hydrogens (primary N) is 1. The van der Waals surface area contributed by atoms with Gasteiger partial charge in [0.2, 0.25) is 10.0 Å². The molecular formula is C17H13ClN2O4S2. The van der Waals surface area contributed by atoms with Crippen LogP contribution < -0.4 is 5.14 Å². The molecule has 0 unspecified atom stereocenters. The molecule has 0 atom stereocenters. The van der Waals surface area contributed by atoms with E-state index in [2.05, 4.69) is 4.98 Å². The Labute approximate surface area is 159 Å². The summed E-state index contributed by atoms with van der Waals surface area (Å²) in [6, 6.07) is 13.2. The summed E-state index contributed by atoms with van der Waals surface area (Å²) in [6.45, 7) is -0.0574. The normalized spacial score (nSPS) is 11.3. The van der Waals surface area contributed by atoms with Gasteiger partial charge in [-0.05, 0) is 18.2 Å². The van der Waals surface area contributed by atoms with Gasteiger partial charge < -0.3 is 4.74 Å². The van der Waals surface area contributed by atoms with Gasteiger partial charge in [0, 0.05) is 10.9 Å². The molecule has 3 aromatic rings. The Balaban J connectivity index is 1.73. The van der Waals surface area contributed by atoms with Gasteiger partial charge in [0.25, 0.3) is 0 Å². The molecular weight excluding hydrogens is 396 g/mol. The fourth-order valence-electron chi connectivity index (χ4n) is 2.14. The molecule has 1 aromatic heterocycles. The number of halogens is 1. The molecule has 9 heteroatoms. The lowest BCUT2D eigenvalue weighted by Crippen LogP contribution is -2.14. The van der Waals surface area contributed by atoms with Crippen LogP contribution in [0.25, 0.3) is 10.6 Å². The van der Waals surface area contributed by atoms with E-state index in [0.717, 1.165) is 16.6 Å². The van der Waals surface area contributed by atoms with Gasteiger partial charge in [-0.15, -0.1) is 11.3 Å². The molecule has 2 N–H and O–H groups in total. The summed E-state index contributed by atoms with van der Waals surface area (Å²) in [7, 11) is -3.95. The number of nitrogens with zero attached hydrogens (tertiary/aromatic N) is 1. The molecule has 0 saturated heterocycles. The number of benzene rings is 2. The van der Waals surface area contributed by atoms with Crippen LogP contribution in [0.5, 0.6) is 0 Å². The van der Waals surface area contributed by atoms with E-state index in [9.17, 15) is 13.2 Å². The van der Waals surface area contributed by atoms with Crippen molar-refractivity contribution in [3.05, 3.63) is 70.2 Å². The highest BCUT2D eigenvalue weighted by Gasteiger charge is 2.17. The highest BCUT2D eigenvalue weighted by atomic mass is 35.5. The molecule has 26 heavy (non-hydrogen) atoms. The van der Waals surface area contributed by atoms with Gasteiger partial charge in [-0.2, -0.15) is 0 Å². The van der Waals surface area contributed by atoms with Crippen LogP contribution in [0.4, 0.5) is 0 Å². The standard InChI is InChI=1S/C17H13ClN2O4S2/c18-15-7-6-13(26(19,22)23)8-14(15)17(21)24-9-12-10-25-16(20-12)11-4-2-1-3-5-11/h1-8,10H,9H2,(H2,19,22,23). The average Bonchev–Trinajstić information content (AvgIpc) is 3.09. The van der Waals surface area contributed by atoms with Gasteiger partial charge in [0.05, 0.1) is 21.2 Å². The molecule has 134 valence electrons. The smallest absolute Gasteiger partial charge is 0.340 e. The number of primary sulfonamides is 1. The van der Waals surface area contributed by atoms with Gasteiger partial charge in [-0.3, -0.25) is 0 Å². The third kappa shape index (κ3) is 4.28. The number of rotatable bonds is 5. The number of esters is 1. The Morgan fingerprint density at radius 1 is 1.19 bits per heavy atom. The second-order valence-electron chi connectivity index (χ2n) is 5.27. The third-order valence-corrected chi connectivity index (χ3v) is 5.59. The Morgan fingerprint density at radius 3 is 2.62 bits per heavy atom. The number of aromatic nitrogens is 1. The second-order valence-corrected chi connectivity index (χ2v) is 8.10. The summed E-state index contributed by atoms with van der Waals surface area (Å²) < 4.78 is 28.0. The zero-order valence-corrected chi connectivity index (χ0v) is 15.6. The number of hydrogen-bond acceptors (Lipinski definition) is 6. The van der Waals surface area contributed by atoms with E-state index in [4.69, 9.17) is 21.5 Å². The molecule has 0 bridgehead atoms. The average molecular weight is 409 g/mol. The molecule has 2 aromatic carbocycles. The molecule has 1 heterocycles. The minimum Gasteiger partial charge on any atom is -0.456 e. The molecule has 6 nitrogen and oxygen atoms in total. The number of carbonyl (C=O) groups excluding carboxylic acids is 1. The number of hydrogen-bond donors (Lipinski definition) is 1. The number of ether oxygens (including phenoxy) is 1. The Hall–Kier alpha value is -2.26. The molecule has 0 saturated carbocycles. The lowest BCUT2D eigenvalue weighted by Gasteiger charge is -2.06. The minimum atomic E-state index is -3.95. The van der Waals surface area contributed by atoms with E-state index in [-0.39, 0.29) is 22.1 Å². The Bertz CT molecular complexity index is 1050. The van der Waals surface area contributed by atoms with Gasteiger partial charge in [-0.25, -0.2) is 23.3 Å². The molecule has 0 aliphatic carbocycles. The first-order valence-electron chi connectivity index (χ1n) is 7.34. The highest BCUT2D eigenvalue weighted by Crippen LogP contribution is 2.24. The number of thiazole rings is 1. The van der Waals surface area contributed by atoms with Crippen LogP contribution in [0.3, 0.4) is 0 Å². The van der Waals surface area contributed by atoms with E-state index in [1.807, 2.05) is 30.3 Å². The van der Waals surface area contributed by atoms with Crippen molar-refractivity contribution in [3.63, 3.8) is 0 Å². The second kappa shape index (κ2) is 7.55. The first kappa shape index (κ1) is 18.5. The van der Waals surface area contributed by atoms with Crippen molar-refractivity contribution in [2.75, 3.05) is 0 Å². The monoisotopic (exact) mass is 408 g/mol. The highest BCUT2D eigenvalue weighted by molar-refractivity contribution is 7.89. The van der Waals surface area contributed by atoms with Crippen LogP contribution >= 0.6 is 22.9 Å². The zero-order chi connectivity index (χ0) is 18.7. The maximum atomic E-state index is 12.2. The van der Waals surface area contributed by atoms with Crippen LogP contribution in [0.1, 0.15) is 16.1 Å². The Kier molecular flexibility index (Phi) is 5.38. The summed E-state index contributed by atoms with van der Waals surface area (Å²) >= 11 is 7.39. The van der Waals surface area contributed by atoms with E-state index in [1.165, 1.54) is 23.5 Å². The van der Waals surface area contributed by atoms with Gasteiger partial charge >= 0.3 is 5.97 Å². The van der Waals surface area contributed by atoms with Crippen LogP contribution in [-0.4, -0.2) is 19.4 Å². The van der Waals surface area contributed by atoms with Gasteiger partial charge in [0.1, 0.15) is 11.6 Å². The van der Waals surface area contributed by atoms with Crippen molar-refractivity contribution in [3.8, 4) is 10.6 Å². The number of sulfonamides is 1. The predicted molar refractivity (Wildman–Crippen MR) is 99.5 cm³/mol. The largest absolute Gasteiger partial charge is 0.456 e. The first-order chi connectivity index (χ1) is 12.3. The van der Waals surface area contributed by atoms with Crippen molar-refractivity contribution in [1.29, 1.82) is 0 Å². The summed E-state index contributed by atoms with van der Waals surface area (Å²) in [5.74, 6) is -0.755. The summed E-state index contributed by atoms with van der Waals surface area (Å²) in [6.07, 6.45) is 0. The molecule has 0 radical (unpaired) electrons. The molecule has 0 fully saturated rings. The quantitative estimate of drug-likeness (QED) is 0.651. The SMILES string of the molecule is NS(=O)(=O)c1ccc(Cl)c(C(=O)OCc2csc(-c3ccccc3)n2)c1. The maximum absolute atomic E-state index is 12.2. The zero-order valence-electron chi connectivity index (χ0n) is 13.3. The van der Waals surface area contributed by atoms with Crippen molar-refractivity contribution in [2.24, 2.45) is 5.14 Å². The van der Waals surface area contributed by atoms with Gasteiger partial charge in [0.15, 0.2) is 0 Å². The van der Waals surface area contributed by atoms with Gasteiger partial charge in [-0.1, -0.05) is 41.9 Å². The third-order valence-electron chi connectivity index (χ3n) is 3.41. The predicted octanol–water partition coefficient (Wildman–Crippen LogP) is 3.47. The lowest BCUT2D eigenvalue weighted by molar-refractivity contribution is 0.0468. The maximum Gasteiger partial charge on any atom is 0.340 e. The van der Waals surface area contributed by atoms with Crippen LogP contribution in [0.2, 0.25) is 5.02 Å². The summed E-state index contributed by atoms with van der Waals surface area (Å²) in [4.78, 5) is 16.4. The summed E-state index contributed by atoms with van der Waals surface area (Å²) in [5, 5.41) is 7.74. The minimum absolute atomic E-state index is 0.0574. The van der Waals surface area contributed by atoms with Crippen LogP contribution in [-0.2, 0) is 21.4 Å². The molecule has 0 amide bonds. The van der Waals surface area contributed by atoms with Crippen LogP contribution in [0.15, 0.2) is 58.8 Å². The first-order valence-corrected chi connectivity index (χ1v) is 10.1. The number of carbonyl (C=O) groups is 1. The van der Waals surface area contributed by atoms with E-state index in [0.29, 0.717) is 5.69 Å². The van der Waals surface area contributed by atoms with E-state index >= 15 is 0 Å².